The summed E-state index contributed by atoms with van der Waals surface area (Å²) in [6.45, 7) is 0.744. The van der Waals surface area contributed by atoms with E-state index in [2.05, 4.69) is 15.5 Å². The molecule has 6 heteroatoms. The second-order valence-electron chi connectivity index (χ2n) is 4.70. The normalized spacial score (nSPS) is 10.3. The fourth-order valence-electron chi connectivity index (χ4n) is 1.96. The zero-order valence-corrected chi connectivity index (χ0v) is 13.1. The molecule has 0 aliphatic rings. The number of rotatable bonds is 6. The molecule has 0 saturated heterocycles. The van der Waals surface area contributed by atoms with E-state index in [1.54, 1.807) is 29.5 Å². The maximum absolute atomic E-state index is 11.8. The number of nitrogens with zero attached hydrogens (tertiary/aromatic N) is 2. The van der Waals surface area contributed by atoms with Gasteiger partial charge in [0.25, 0.3) is 5.91 Å². The number of amides is 1. The number of ether oxygens (including phenoxy) is 1. The van der Waals surface area contributed by atoms with Crippen LogP contribution in [0.5, 0.6) is 5.88 Å². The van der Waals surface area contributed by atoms with Gasteiger partial charge in [0.05, 0.1) is 11.4 Å². The van der Waals surface area contributed by atoms with E-state index in [-0.39, 0.29) is 5.91 Å². The molecular formula is C17H15N3O2S. The molecule has 3 rings (SSSR count). The monoisotopic (exact) mass is 325 g/mol. The first kappa shape index (κ1) is 15.2. The van der Waals surface area contributed by atoms with Crippen molar-refractivity contribution in [2.75, 3.05) is 13.2 Å². The van der Waals surface area contributed by atoms with Crippen LogP contribution in [0.15, 0.2) is 60.0 Å². The minimum Gasteiger partial charge on any atom is -0.475 e. The average molecular weight is 325 g/mol. The van der Waals surface area contributed by atoms with Crippen molar-refractivity contribution in [3.05, 3.63) is 65.5 Å². The van der Waals surface area contributed by atoms with E-state index < -0.39 is 0 Å². The molecule has 1 N–H and O–H groups in total. The molecule has 0 atom stereocenters. The van der Waals surface area contributed by atoms with E-state index in [1.165, 1.54) is 0 Å². The van der Waals surface area contributed by atoms with Crippen molar-refractivity contribution in [1.82, 2.24) is 15.5 Å². The third-order valence-electron chi connectivity index (χ3n) is 3.09. The Morgan fingerprint density at radius 2 is 1.91 bits per heavy atom. The molecule has 116 valence electrons. The molecule has 0 aliphatic carbocycles. The van der Waals surface area contributed by atoms with Crippen LogP contribution in [0.25, 0.3) is 10.6 Å². The molecule has 1 aromatic carbocycles. The van der Waals surface area contributed by atoms with Gasteiger partial charge in [0.15, 0.2) is 0 Å². The molecule has 0 fully saturated rings. The summed E-state index contributed by atoms with van der Waals surface area (Å²) in [6.07, 6.45) is 0. The van der Waals surface area contributed by atoms with Gasteiger partial charge in [-0.25, -0.2) is 0 Å². The lowest BCUT2D eigenvalue weighted by Gasteiger charge is -2.07. The number of thiophene rings is 1. The number of benzene rings is 1. The van der Waals surface area contributed by atoms with E-state index in [0.717, 1.165) is 10.6 Å². The van der Waals surface area contributed by atoms with Crippen molar-refractivity contribution in [3.8, 4) is 16.5 Å². The Labute approximate surface area is 138 Å². The van der Waals surface area contributed by atoms with Gasteiger partial charge in [-0.1, -0.05) is 24.3 Å². The second-order valence-corrected chi connectivity index (χ2v) is 5.65. The van der Waals surface area contributed by atoms with Crippen LogP contribution in [0.3, 0.4) is 0 Å². The highest BCUT2D eigenvalue weighted by Crippen LogP contribution is 2.22. The highest BCUT2D eigenvalue weighted by atomic mass is 32.1. The third kappa shape index (κ3) is 4.14. The summed E-state index contributed by atoms with van der Waals surface area (Å²) in [6, 6.07) is 16.7. The zero-order chi connectivity index (χ0) is 15.9. The van der Waals surface area contributed by atoms with Gasteiger partial charge in [0, 0.05) is 11.6 Å². The van der Waals surface area contributed by atoms with E-state index in [1.807, 2.05) is 41.8 Å². The molecule has 23 heavy (non-hydrogen) atoms. The van der Waals surface area contributed by atoms with Gasteiger partial charge in [-0.15, -0.1) is 21.5 Å². The Morgan fingerprint density at radius 3 is 2.61 bits per heavy atom. The van der Waals surface area contributed by atoms with Gasteiger partial charge < -0.3 is 10.1 Å². The van der Waals surface area contributed by atoms with Gasteiger partial charge >= 0.3 is 0 Å². The Hall–Kier alpha value is -2.73. The Bertz CT molecular complexity index is 743. The van der Waals surface area contributed by atoms with E-state index in [0.29, 0.717) is 24.6 Å². The summed E-state index contributed by atoms with van der Waals surface area (Å²) in [4.78, 5) is 12.9. The summed E-state index contributed by atoms with van der Waals surface area (Å²) in [5.41, 5.74) is 1.46. The van der Waals surface area contributed by atoms with E-state index >= 15 is 0 Å². The lowest BCUT2D eigenvalue weighted by atomic mass is 10.2. The Kier molecular flexibility index (Phi) is 4.95. The predicted molar refractivity (Wildman–Crippen MR) is 89.6 cm³/mol. The molecule has 0 radical (unpaired) electrons. The van der Waals surface area contributed by atoms with Crippen molar-refractivity contribution in [1.29, 1.82) is 0 Å². The van der Waals surface area contributed by atoms with Gasteiger partial charge in [-0.05, 0) is 29.6 Å². The van der Waals surface area contributed by atoms with E-state index in [9.17, 15) is 4.79 Å². The third-order valence-corrected chi connectivity index (χ3v) is 3.98. The molecular weight excluding hydrogens is 310 g/mol. The summed E-state index contributed by atoms with van der Waals surface area (Å²) in [5, 5.41) is 13.0. The van der Waals surface area contributed by atoms with Gasteiger partial charge in [0.2, 0.25) is 5.88 Å². The zero-order valence-electron chi connectivity index (χ0n) is 12.3. The minimum atomic E-state index is -0.117. The Morgan fingerprint density at radius 1 is 1.04 bits per heavy atom. The summed E-state index contributed by atoms with van der Waals surface area (Å²) >= 11 is 1.61. The van der Waals surface area contributed by atoms with Crippen LogP contribution < -0.4 is 10.1 Å². The molecule has 5 nitrogen and oxygen atoms in total. The summed E-state index contributed by atoms with van der Waals surface area (Å²) < 4.78 is 5.48. The number of hydrogen-bond acceptors (Lipinski definition) is 5. The van der Waals surface area contributed by atoms with Crippen LogP contribution in [-0.2, 0) is 0 Å². The fraction of sp³-hybridized carbons (Fsp3) is 0.118. The SMILES string of the molecule is O=C(NCCOc1ccc(-c2cccs2)nn1)c1ccccc1. The van der Waals surface area contributed by atoms with Crippen LogP contribution in [0, 0.1) is 0 Å². The highest BCUT2D eigenvalue weighted by molar-refractivity contribution is 7.13. The van der Waals surface area contributed by atoms with Gasteiger partial charge in [-0.2, -0.15) is 0 Å². The van der Waals surface area contributed by atoms with Crippen molar-refractivity contribution < 1.29 is 9.53 Å². The minimum absolute atomic E-state index is 0.117. The first-order valence-corrected chi connectivity index (χ1v) is 8.04. The number of hydrogen-bond donors (Lipinski definition) is 1. The molecule has 0 unspecified atom stereocenters. The lowest BCUT2D eigenvalue weighted by molar-refractivity contribution is 0.0946. The molecule has 3 aromatic rings. The maximum Gasteiger partial charge on any atom is 0.251 e. The topological polar surface area (TPSA) is 64.1 Å². The quantitative estimate of drug-likeness (QED) is 0.708. The van der Waals surface area contributed by atoms with Gasteiger partial charge in [0.1, 0.15) is 12.3 Å². The van der Waals surface area contributed by atoms with Crippen molar-refractivity contribution in [2.24, 2.45) is 0 Å². The first-order valence-electron chi connectivity index (χ1n) is 7.16. The highest BCUT2D eigenvalue weighted by Gasteiger charge is 2.05. The standard InChI is InChI=1S/C17H15N3O2S/c21-17(13-5-2-1-3-6-13)18-10-11-22-16-9-8-14(19-20-16)15-7-4-12-23-15/h1-9,12H,10-11H2,(H,18,21). The van der Waals surface area contributed by atoms with Crippen LogP contribution in [0.4, 0.5) is 0 Å². The molecule has 1 amide bonds. The molecule has 2 aromatic heterocycles. The van der Waals surface area contributed by atoms with Crippen LogP contribution >= 0.6 is 11.3 Å². The second kappa shape index (κ2) is 7.51. The molecule has 0 saturated carbocycles. The predicted octanol–water partition coefficient (Wildman–Crippen LogP) is 3.01. The van der Waals surface area contributed by atoms with Crippen LogP contribution in [0.1, 0.15) is 10.4 Å². The first-order chi connectivity index (χ1) is 11.3. The van der Waals surface area contributed by atoms with E-state index in [4.69, 9.17) is 4.74 Å². The fourth-order valence-corrected chi connectivity index (χ4v) is 2.65. The summed E-state index contributed by atoms with van der Waals surface area (Å²) in [5.74, 6) is 0.326. The largest absolute Gasteiger partial charge is 0.475 e. The maximum atomic E-state index is 11.8. The number of carbonyl (C=O) groups excluding carboxylic acids is 1. The molecule has 2 heterocycles. The van der Waals surface area contributed by atoms with Crippen LogP contribution in [0.2, 0.25) is 0 Å². The number of aromatic nitrogens is 2. The number of nitrogens with one attached hydrogen (secondary N) is 1. The van der Waals surface area contributed by atoms with Crippen molar-refractivity contribution in [3.63, 3.8) is 0 Å². The van der Waals surface area contributed by atoms with Gasteiger partial charge in [-0.3, -0.25) is 4.79 Å². The average Bonchev–Trinajstić information content (AvgIpc) is 3.14. The Balaban J connectivity index is 1.45. The molecule has 0 aliphatic heterocycles. The molecule has 0 bridgehead atoms. The van der Waals surface area contributed by atoms with Crippen molar-refractivity contribution in [2.45, 2.75) is 0 Å². The smallest absolute Gasteiger partial charge is 0.251 e. The summed E-state index contributed by atoms with van der Waals surface area (Å²) in [7, 11) is 0. The molecule has 0 spiro atoms. The van der Waals surface area contributed by atoms with Crippen molar-refractivity contribution >= 4 is 17.2 Å². The lowest BCUT2D eigenvalue weighted by Crippen LogP contribution is -2.28. The van der Waals surface area contributed by atoms with Crippen LogP contribution in [-0.4, -0.2) is 29.3 Å². The number of carbonyl (C=O) groups is 1.